The van der Waals surface area contributed by atoms with Crippen molar-refractivity contribution in [2.75, 3.05) is 19.6 Å². The minimum Gasteiger partial charge on any atom is -0.465 e. The van der Waals surface area contributed by atoms with Crippen LogP contribution in [-0.2, 0) is 14.8 Å². The van der Waals surface area contributed by atoms with Gasteiger partial charge in [-0.2, -0.15) is 0 Å². The third kappa shape index (κ3) is 5.38. The second-order valence-electron chi connectivity index (χ2n) is 6.54. The zero-order valence-corrected chi connectivity index (χ0v) is 17.3. The van der Waals surface area contributed by atoms with Crippen LogP contribution in [0.4, 0.5) is 0 Å². The van der Waals surface area contributed by atoms with E-state index in [9.17, 15) is 13.2 Å². The highest BCUT2D eigenvalue weighted by Crippen LogP contribution is 2.25. The predicted octanol–water partition coefficient (Wildman–Crippen LogP) is 3.82. The summed E-state index contributed by atoms with van der Waals surface area (Å²) in [5.41, 5.74) is 0. The molecule has 1 amide bonds. The molecule has 1 aliphatic heterocycles. The first-order valence-electron chi connectivity index (χ1n) is 8.80. The van der Waals surface area contributed by atoms with Gasteiger partial charge in [0.2, 0.25) is 15.9 Å². The molecule has 0 bridgehead atoms. The summed E-state index contributed by atoms with van der Waals surface area (Å²) in [5.74, 6) is 0.685. The van der Waals surface area contributed by atoms with Gasteiger partial charge < -0.3 is 9.32 Å². The van der Waals surface area contributed by atoms with E-state index in [2.05, 4.69) is 4.72 Å². The van der Waals surface area contributed by atoms with E-state index in [-0.39, 0.29) is 28.3 Å². The first kappa shape index (κ1) is 20.9. The lowest BCUT2D eigenvalue weighted by Crippen LogP contribution is -2.41. The Morgan fingerprint density at radius 2 is 2.00 bits per heavy atom. The van der Waals surface area contributed by atoms with Crippen LogP contribution in [-0.4, -0.2) is 38.9 Å². The molecule has 0 spiro atoms. The Labute approximate surface area is 174 Å². The van der Waals surface area contributed by atoms with Crippen molar-refractivity contribution in [3.05, 3.63) is 58.5 Å². The number of nitrogens with one attached hydrogen (secondary N) is 1. The van der Waals surface area contributed by atoms with Crippen molar-refractivity contribution in [1.82, 2.24) is 9.62 Å². The van der Waals surface area contributed by atoms with Gasteiger partial charge in [-0.15, -0.1) is 0 Å². The molecular formula is C19H20Cl2N2O4S. The van der Waals surface area contributed by atoms with Gasteiger partial charge in [-0.1, -0.05) is 23.2 Å². The summed E-state index contributed by atoms with van der Waals surface area (Å²) >= 11 is 11.9. The van der Waals surface area contributed by atoms with Gasteiger partial charge in [-0.05, 0) is 55.2 Å². The number of likely N-dealkylation sites (tertiary alicyclic amines) is 1. The van der Waals surface area contributed by atoms with Gasteiger partial charge in [-0.25, -0.2) is 13.1 Å². The summed E-state index contributed by atoms with van der Waals surface area (Å²) in [4.78, 5) is 13.9. The largest absolute Gasteiger partial charge is 0.465 e. The minimum absolute atomic E-state index is 0.0302. The molecule has 1 aliphatic rings. The van der Waals surface area contributed by atoms with Gasteiger partial charge in [0.15, 0.2) is 0 Å². The van der Waals surface area contributed by atoms with E-state index in [1.807, 2.05) is 0 Å². The van der Waals surface area contributed by atoms with E-state index in [0.717, 1.165) is 0 Å². The molecule has 2 aromatic rings. The van der Waals surface area contributed by atoms with Crippen molar-refractivity contribution < 1.29 is 17.6 Å². The first-order chi connectivity index (χ1) is 13.3. The van der Waals surface area contributed by atoms with Crippen molar-refractivity contribution in [2.45, 2.75) is 17.7 Å². The SMILES string of the molecule is O=C(C=Cc1ccco1)N1CCC(CNS(=O)(=O)c2cc(Cl)ccc2Cl)CC1. The zero-order chi connectivity index (χ0) is 20.1. The van der Waals surface area contributed by atoms with Crippen LogP contribution in [0.2, 0.25) is 10.0 Å². The molecule has 0 radical (unpaired) electrons. The number of sulfonamides is 1. The van der Waals surface area contributed by atoms with Crippen molar-refractivity contribution in [2.24, 2.45) is 5.92 Å². The number of furan rings is 1. The third-order valence-electron chi connectivity index (χ3n) is 4.60. The summed E-state index contributed by atoms with van der Waals surface area (Å²) in [7, 11) is -3.74. The van der Waals surface area contributed by atoms with E-state index < -0.39 is 10.0 Å². The molecule has 28 heavy (non-hydrogen) atoms. The van der Waals surface area contributed by atoms with Crippen LogP contribution in [0.15, 0.2) is 52.0 Å². The molecule has 0 atom stereocenters. The van der Waals surface area contributed by atoms with E-state index in [1.54, 1.807) is 29.4 Å². The van der Waals surface area contributed by atoms with Crippen LogP contribution in [0.1, 0.15) is 18.6 Å². The topological polar surface area (TPSA) is 79.6 Å². The molecule has 6 nitrogen and oxygen atoms in total. The molecule has 1 saturated heterocycles. The van der Waals surface area contributed by atoms with Gasteiger partial charge in [-0.3, -0.25) is 4.79 Å². The lowest BCUT2D eigenvalue weighted by Gasteiger charge is -2.31. The molecule has 150 valence electrons. The molecule has 0 aliphatic carbocycles. The number of amides is 1. The van der Waals surface area contributed by atoms with Crippen molar-refractivity contribution in [3.8, 4) is 0 Å². The fraction of sp³-hybridized carbons (Fsp3) is 0.316. The zero-order valence-electron chi connectivity index (χ0n) is 15.0. The Morgan fingerprint density at radius 1 is 1.25 bits per heavy atom. The molecule has 1 aromatic heterocycles. The monoisotopic (exact) mass is 442 g/mol. The quantitative estimate of drug-likeness (QED) is 0.689. The Morgan fingerprint density at radius 3 is 2.68 bits per heavy atom. The maximum absolute atomic E-state index is 12.5. The molecule has 1 aromatic carbocycles. The summed E-state index contributed by atoms with van der Waals surface area (Å²) in [5, 5.41) is 0.430. The first-order valence-corrected chi connectivity index (χ1v) is 11.0. The van der Waals surface area contributed by atoms with E-state index in [0.29, 0.717) is 36.7 Å². The molecule has 9 heteroatoms. The average molecular weight is 443 g/mol. The number of rotatable bonds is 6. The van der Waals surface area contributed by atoms with Crippen LogP contribution in [0.25, 0.3) is 6.08 Å². The highest BCUT2D eigenvalue weighted by Gasteiger charge is 2.24. The maximum atomic E-state index is 12.5. The van der Waals surface area contributed by atoms with Gasteiger partial charge in [0.25, 0.3) is 0 Å². The van der Waals surface area contributed by atoms with Crippen LogP contribution in [0.5, 0.6) is 0 Å². The normalized spacial score (nSPS) is 16.0. The average Bonchev–Trinajstić information content (AvgIpc) is 3.20. The fourth-order valence-electron chi connectivity index (χ4n) is 2.99. The highest BCUT2D eigenvalue weighted by molar-refractivity contribution is 7.89. The van der Waals surface area contributed by atoms with Crippen molar-refractivity contribution >= 4 is 45.2 Å². The summed E-state index contributed by atoms with van der Waals surface area (Å²) in [6.07, 6.45) is 6.10. The van der Waals surface area contributed by atoms with Gasteiger partial charge in [0.05, 0.1) is 11.3 Å². The maximum Gasteiger partial charge on any atom is 0.246 e. The summed E-state index contributed by atoms with van der Waals surface area (Å²) in [6.45, 7) is 1.44. The molecule has 2 heterocycles. The number of carbonyl (C=O) groups is 1. The smallest absolute Gasteiger partial charge is 0.246 e. The Balaban J connectivity index is 1.50. The molecule has 1 fully saturated rings. The highest BCUT2D eigenvalue weighted by atomic mass is 35.5. The minimum atomic E-state index is -3.74. The molecule has 3 rings (SSSR count). The van der Waals surface area contributed by atoms with Crippen LogP contribution in [0, 0.1) is 5.92 Å². The molecule has 0 unspecified atom stereocenters. The van der Waals surface area contributed by atoms with Crippen molar-refractivity contribution in [3.63, 3.8) is 0 Å². The summed E-state index contributed by atoms with van der Waals surface area (Å²) in [6, 6.07) is 7.86. The number of piperidine rings is 1. The number of halogens is 2. The second-order valence-corrected chi connectivity index (χ2v) is 9.12. The van der Waals surface area contributed by atoms with Gasteiger partial charge >= 0.3 is 0 Å². The third-order valence-corrected chi connectivity index (χ3v) is 6.74. The van der Waals surface area contributed by atoms with E-state index in [4.69, 9.17) is 27.6 Å². The Bertz CT molecular complexity index is 950. The lowest BCUT2D eigenvalue weighted by molar-refractivity contribution is -0.127. The van der Waals surface area contributed by atoms with Crippen LogP contribution < -0.4 is 4.72 Å². The van der Waals surface area contributed by atoms with Crippen LogP contribution >= 0.6 is 23.2 Å². The van der Waals surface area contributed by atoms with Crippen LogP contribution in [0.3, 0.4) is 0 Å². The Kier molecular flexibility index (Phi) is 6.82. The molecular weight excluding hydrogens is 423 g/mol. The Hall–Kier alpha value is -1.80. The second kappa shape index (κ2) is 9.13. The molecule has 0 saturated carbocycles. The van der Waals surface area contributed by atoms with Gasteiger partial charge in [0.1, 0.15) is 10.7 Å². The number of benzene rings is 1. The number of hydrogen-bond acceptors (Lipinski definition) is 4. The van der Waals surface area contributed by atoms with E-state index in [1.165, 1.54) is 24.3 Å². The van der Waals surface area contributed by atoms with Crippen molar-refractivity contribution in [1.29, 1.82) is 0 Å². The fourth-order valence-corrected chi connectivity index (χ4v) is 4.87. The number of hydrogen-bond donors (Lipinski definition) is 1. The lowest BCUT2D eigenvalue weighted by atomic mass is 9.97. The number of carbonyl (C=O) groups excluding carboxylic acids is 1. The standard InChI is InChI=1S/C19H20Cl2N2O4S/c20-15-3-5-17(21)18(12-15)28(25,26)22-13-14-7-9-23(10-8-14)19(24)6-4-16-2-1-11-27-16/h1-6,11-12,14,22H,7-10,13H2. The number of nitrogens with zero attached hydrogens (tertiary/aromatic N) is 1. The van der Waals surface area contributed by atoms with E-state index >= 15 is 0 Å². The summed E-state index contributed by atoms with van der Waals surface area (Å²) < 4.78 is 32.7. The predicted molar refractivity (Wildman–Crippen MR) is 109 cm³/mol. The molecule has 1 N–H and O–H groups in total. The van der Waals surface area contributed by atoms with Gasteiger partial charge in [0, 0.05) is 30.7 Å².